The van der Waals surface area contributed by atoms with Crippen molar-refractivity contribution >= 4 is 11.8 Å². The third-order valence-electron chi connectivity index (χ3n) is 4.58. The second-order valence-electron chi connectivity index (χ2n) is 5.58. The predicted molar refractivity (Wildman–Crippen MR) is 68.5 cm³/mol. The number of allylic oxidation sites excluding steroid dienone is 1. The second kappa shape index (κ2) is 4.00. The summed E-state index contributed by atoms with van der Waals surface area (Å²) in [7, 11) is 0. The number of hydrogen-bond donors (Lipinski definition) is 1. The first kappa shape index (κ1) is 11.9. The van der Waals surface area contributed by atoms with Gasteiger partial charge in [-0.15, -0.1) is 11.8 Å². The van der Waals surface area contributed by atoms with Gasteiger partial charge in [-0.05, 0) is 24.2 Å². The lowest BCUT2D eigenvalue weighted by Crippen LogP contribution is -2.41. The molecule has 2 unspecified atom stereocenters. The Hall–Kier alpha value is -0.620. The van der Waals surface area contributed by atoms with Crippen molar-refractivity contribution in [1.29, 1.82) is 5.26 Å². The molecule has 0 aromatic carbocycles. The van der Waals surface area contributed by atoms with Gasteiger partial charge in [0.1, 0.15) is 0 Å². The Balaban J connectivity index is 2.40. The van der Waals surface area contributed by atoms with E-state index in [-0.39, 0.29) is 5.41 Å². The van der Waals surface area contributed by atoms with Gasteiger partial charge < -0.3 is 5.73 Å². The quantitative estimate of drug-likeness (QED) is 0.760. The van der Waals surface area contributed by atoms with Crippen molar-refractivity contribution in [2.45, 2.75) is 45.3 Å². The Kier molecular flexibility index (Phi) is 2.96. The second-order valence-corrected chi connectivity index (χ2v) is 6.86. The normalized spacial score (nSPS) is 38.7. The van der Waals surface area contributed by atoms with E-state index in [2.05, 4.69) is 26.8 Å². The molecule has 1 heterocycles. The fourth-order valence-corrected chi connectivity index (χ4v) is 4.72. The summed E-state index contributed by atoms with van der Waals surface area (Å²) in [5.41, 5.74) is 7.11. The van der Waals surface area contributed by atoms with Crippen molar-refractivity contribution in [3.8, 4) is 6.07 Å². The number of nitrogens with zero attached hydrogens (tertiary/aromatic N) is 1. The number of thioether (sulfide) groups is 1. The molecule has 0 radical (unpaired) electrons. The molecule has 1 fully saturated rings. The molecule has 1 aliphatic carbocycles. The molecule has 0 aromatic rings. The standard InChI is InChI=1S/C13H20N2S/c1-8(2)13(3)6-4-5-10-11(13)9(7-14)12(15)16-10/h8,10-11H,4-6,15H2,1-3H3/t10?,11?,13-/m0/s1. The molecule has 88 valence electrons. The number of rotatable bonds is 1. The van der Waals surface area contributed by atoms with Crippen molar-refractivity contribution in [3.05, 3.63) is 10.6 Å². The van der Waals surface area contributed by atoms with Gasteiger partial charge in [-0.25, -0.2) is 0 Å². The SMILES string of the molecule is CC(C)[C@]1(C)CCCC2SC(N)=C(C#N)C21. The molecular formula is C13H20N2S. The summed E-state index contributed by atoms with van der Waals surface area (Å²) in [6, 6.07) is 2.36. The Morgan fingerprint density at radius 3 is 2.81 bits per heavy atom. The molecule has 3 atom stereocenters. The maximum atomic E-state index is 9.29. The number of fused-ring (bicyclic) bond motifs is 1. The van der Waals surface area contributed by atoms with Crippen LogP contribution in [-0.4, -0.2) is 5.25 Å². The molecule has 2 N–H and O–H groups in total. The van der Waals surface area contributed by atoms with E-state index in [1.807, 2.05) is 0 Å². The summed E-state index contributed by atoms with van der Waals surface area (Å²) >= 11 is 1.74. The van der Waals surface area contributed by atoms with Crippen LogP contribution in [0.25, 0.3) is 0 Å². The summed E-state index contributed by atoms with van der Waals surface area (Å²) in [5.74, 6) is 0.992. The van der Waals surface area contributed by atoms with Gasteiger partial charge >= 0.3 is 0 Å². The van der Waals surface area contributed by atoms with Gasteiger partial charge in [0.15, 0.2) is 0 Å². The van der Waals surface area contributed by atoms with Crippen LogP contribution in [-0.2, 0) is 0 Å². The number of nitriles is 1. The fourth-order valence-electron chi connectivity index (χ4n) is 3.23. The first-order chi connectivity index (χ1) is 7.50. The molecule has 0 spiro atoms. The van der Waals surface area contributed by atoms with Crippen LogP contribution in [0.2, 0.25) is 0 Å². The molecular weight excluding hydrogens is 216 g/mol. The number of nitrogens with two attached hydrogens (primary N) is 1. The monoisotopic (exact) mass is 236 g/mol. The van der Waals surface area contributed by atoms with Crippen LogP contribution >= 0.6 is 11.8 Å². The van der Waals surface area contributed by atoms with E-state index in [0.29, 0.717) is 17.1 Å². The first-order valence-electron chi connectivity index (χ1n) is 6.07. The van der Waals surface area contributed by atoms with Crippen molar-refractivity contribution in [1.82, 2.24) is 0 Å². The summed E-state index contributed by atoms with van der Waals surface area (Å²) in [4.78, 5) is 0. The van der Waals surface area contributed by atoms with E-state index in [9.17, 15) is 5.26 Å². The minimum absolute atomic E-state index is 0.252. The van der Waals surface area contributed by atoms with Gasteiger partial charge in [-0.2, -0.15) is 5.26 Å². The van der Waals surface area contributed by atoms with Crippen LogP contribution in [0.1, 0.15) is 40.0 Å². The molecule has 2 nitrogen and oxygen atoms in total. The molecule has 2 rings (SSSR count). The zero-order chi connectivity index (χ0) is 11.9. The van der Waals surface area contributed by atoms with Gasteiger partial charge in [0, 0.05) is 11.2 Å². The highest BCUT2D eigenvalue weighted by atomic mass is 32.2. The van der Waals surface area contributed by atoms with E-state index in [0.717, 1.165) is 10.6 Å². The van der Waals surface area contributed by atoms with Gasteiger partial charge in [-0.1, -0.05) is 27.2 Å². The van der Waals surface area contributed by atoms with E-state index in [1.165, 1.54) is 19.3 Å². The highest BCUT2D eigenvalue weighted by Gasteiger charge is 2.50. The molecule has 3 heteroatoms. The predicted octanol–water partition coefficient (Wildman–Crippen LogP) is 3.26. The molecule has 0 amide bonds. The highest BCUT2D eigenvalue weighted by molar-refractivity contribution is 8.03. The van der Waals surface area contributed by atoms with Crippen LogP contribution < -0.4 is 5.73 Å². The van der Waals surface area contributed by atoms with E-state index >= 15 is 0 Å². The molecule has 0 saturated heterocycles. The lowest BCUT2D eigenvalue weighted by Gasteiger charge is -2.46. The fraction of sp³-hybridized carbons (Fsp3) is 0.769. The summed E-state index contributed by atoms with van der Waals surface area (Å²) in [6.07, 6.45) is 3.71. The van der Waals surface area contributed by atoms with Gasteiger partial charge in [0.05, 0.1) is 16.7 Å². The van der Waals surface area contributed by atoms with Gasteiger partial charge in [-0.3, -0.25) is 0 Å². The summed E-state index contributed by atoms with van der Waals surface area (Å²) in [5, 5.41) is 10.6. The molecule has 0 bridgehead atoms. The minimum Gasteiger partial charge on any atom is -0.393 e. The molecule has 16 heavy (non-hydrogen) atoms. The van der Waals surface area contributed by atoms with Gasteiger partial charge in [0.25, 0.3) is 0 Å². The summed E-state index contributed by atoms with van der Waals surface area (Å²) in [6.45, 7) is 6.89. The largest absolute Gasteiger partial charge is 0.393 e. The highest BCUT2D eigenvalue weighted by Crippen LogP contribution is 2.57. The molecule has 1 aliphatic heterocycles. The minimum atomic E-state index is 0.252. The van der Waals surface area contributed by atoms with E-state index in [1.54, 1.807) is 11.8 Å². The zero-order valence-electron chi connectivity index (χ0n) is 10.3. The number of hydrogen-bond acceptors (Lipinski definition) is 3. The van der Waals surface area contributed by atoms with E-state index in [4.69, 9.17) is 5.73 Å². The lowest BCUT2D eigenvalue weighted by molar-refractivity contribution is 0.0928. The van der Waals surface area contributed by atoms with Crippen molar-refractivity contribution in [2.75, 3.05) is 0 Å². The average molecular weight is 236 g/mol. The third kappa shape index (κ3) is 1.55. The maximum absolute atomic E-state index is 9.29. The Morgan fingerprint density at radius 2 is 2.25 bits per heavy atom. The first-order valence-corrected chi connectivity index (χ1v) is 6.95. The Labute approximate surface area is 102 Å². The topological polar surface area (TPSA) is 49.8 Å². The third-order valence-corrected chi connectivity index (χ3v) is 5.87. The Morgan fingerprint density at radius 1 is 1.56 bits per heavy atom. The van der Waals surface area contributed by atoms with Crippen molar-refractivity contribution in [3.63, 3.8) is 0 Å². The van der Waals surface area contributed by atoms with Crippen LogP contribution in [0, 0.1) is 28.6 Å². The van der Waals surface area contributed by atoms with Crippen LogP contribution in [0.5, 0.6) is 0 Å². The maximum Gasteiger partial charge on any atom is 0.0978 e. The zero-order valence-corrected chi connectivity index (χ0v) is 11.1. The summed E-state index contributed by atoms with van der Waals surface area (Å²) < 4.78 is 0. The lowest BCUT2D eigenvalue weighted by atomic mass is 9.59. The average Bonchev–Trinajstić information content (AvgIpc) is 2.55. The van der Waals surface area contributed by atoms with Crippen molar-refractivity contribution in [2.24, 2.45) is 23.0 Å². The van der Waals surface area contributed by atoms with Gasteiger partial charge in [0.2, 0.25) is 0 Å². The van der Waals surface area contributed by atoms with Crippen molar-refractivity contribution < 1.29 is 0 Å². The Bertz CT molecular complexity index is 367. The molecule has 1 saturated carbocycles. The molecule has 0 aromatic heterocycles. The molecule has 2 aliphatic rings. The van der Waals surface area contributed by atoms with Crippen LogP contribution in [0.3, 0.4) is 0 Å². The van der Waals surface area contributed by atoms with Crippen LogP contribution in [0.15, 0.2) is 10.6 Å². The van der Waals surface area contributed by atoms with E-state index < -0.39 is 0 Å². The smallest absolute Gasteiger partial charge is 0.0978 e. The van der Waals surface area contributed by atoms with Crippen LogP contribution in [0.4, 0.5) is 0 Å².